The SMILES string of the molecule is CC(=O)N1CCC(NCc2ccccc2[N+](=O)[O-])CC1. The maximum atomic E-state index is 11.2. The molecular weight excluding hydrogens is 258 g/mol. The van der Waals surface area contributed by atoms with E-state index in [1.165, 1.54) is 6.07 Å². The van der Waals surface area contributed by atoms with Gasteiger partial charge in [0.05, 0.1) is 4.92 Å². The molecule has 1 aliphatic heterocycles. The number of piperidine rings is 1. The molecule has 1 aromatic rings. The van der Waals surface area contributed by atoms with Crippen molar-refractivity contribution in [1.82, 2.24) is 10.2 Å². The number of carbonyl (C=O) groups is 1. The average molecular weight is 277 g/mol. The van der Waals surface area contributed by atoms with Crippen LogP contribution in [0.5, 0.6) is 0 Å². The molecule has 1 heterocycles. The Morgan fingerprint density at radius 3 is 2.65 bits per heavy atom. The molecule has 0 aliphatic carbocycles. The van der Waals surface area contributed by atoms with Crippen LogP contribution in [-0.2, 0) is 11.3 Å². The van der Waals surface area contributed by atoms with E-state index in [1.807, 2.05) is 11.0 Å². The molecule has 108 valence electrons. The number of para-hydroxylation sites is 1. The summed E-state index contributed by atoms with van der Waals surface area (Å²) in [4.78, 5) is 23.6. The molecule has 0 saturated carbocycles. The minimum atomic E-state index is -0.352. The minimum absolute atomic E-state index is 0.113. The number of amides is 1. The molecule has 0 atom stereocenters. The molecule has 1 aromatic carbocycles. The van der Waals surface area contributed by atoms with E-state index in [2.05, 4.69) is 5.32 Å². The van der Waals surface area contributed by atoms with Crippen molar-refractivity contribution in [3.63, 3.8) is 0 Å². The summed E-state index contributed by atoms with van der Waals surface area (Å²) in [5, 5.41) is 14.3. The van der Waals surface area contributed by atoms with Gasteiger partial charge in [0, 0.05) is 44.2 Å². The summed E-state index contributed by atoms with van der Waals surface area (Å²) < 4.78 is 0. The van der Waals surface area contributed by atoms with Crippen LogP contribution in [0.4, 0.5) is 5.69 Å². The number of nitro groups is 1. The molecular formula is C14H19N3O3. The first kappa shape index (κ1) is 14.5. The molecule has 0 bridgehead atoms. The van der Waals surface area contributed by atoms with E-state index in [1.54, 1.807) is 19.1 Å². The van der Waals surface area contributed by atoms with Gasteiger partial charge in [-0.1, -0.05) is 18.2 Å². The smallest absolute Gasteiger partial charge is 0.273 e. The summed E-state index contributed by atoms with van der Waals surface area (Å²) in [6.07, 6.45) is 1.78. The second-order valence-corrected chi connectivity index (χ2v) is 5.05. The molecule has 1 N–H and O–H groups in total. The van der Waals surface area contributed by atoms with E-state index < -0.39 is 0 Å². The molecule has 1 amide bonds. The number of benzene rings is 1. The van der Waals surface area contributed by atoms with Gasteiger partial charge in [0.2, 0.25) is 5.91 Å². The fourth-order valence-electron chi connectivity index (χ4n) is 2.49. The Morgan fingerprint density at radius 1 is 1.40 bits per heavy atom. The standard InChI is InChI=1S/C14H19N3O3/c1-11(18)16-8-6-13(7-9-16)15-10-12-4-2-3-5-14(12)17(19)20/h2-5,13,15H,6-10H2,1H3. The van der Waals surface area contributed by atoms with Gasteiger partial charge in [0.1, 0.15) is 0 Å². The van der Waals surface area contributed by atoms with Gasteiger partial charge in [-0.05, 0) is 12.8 Å². The largest absolute Gasteiger partial charge is 0.343 e. The second-order valence-electron chi connectivity index (χ2n) is 5.05. The number of likely N-dealkylation sites (tertiary alicyclic amines) is 1. The van der Waals surface area contributed by atoms with Crippen LogP contribution in [0.1, 0.15) is 25.3 Å². The van der Waals surface area contributed by atoms with Crippen molar-refractivity contribution in [2.45, 2.75) is 32.4 Å². The third-order valence-electron chi connectivity index (χ3n) is 3.71. The Bertz CT molecular complexity index is 496. The van der Waals surface area contributed by atoms with Crippen molar-refractivity contribution in [3.05, 3.63) is 39.9 Å². The first-order chi connectivity index (χ1) is 9.58. The van der Waals surface area contributed by atoms with Crippen molar-refractivity contribution in [2.75, 3.05) is 13.1 Å². The normalized spacial score (nSPS) is 16.1. The molecule has 1 fully saturated rings. The summed E-state index contributed by atoms with van der Waals surface area (Å²) in [6.45, 7) is 3.58. The van der Waals surface area contributed by atoms with Crippen LogP contribution < -0.4 is 5.32 Å². The van der Waals surface area contributed by atoms with Crippen molar-refractivity contribution in [3.8, 4) is 0 Å². The highest BCUT2D eigenvalue weighted by atomic mass is 16.6. The third kappa shape index (κ3) is 3.54. The van der Waals surface area contributed by atoms with Crippen molar-refractivity contribution >= 4 is 11.6 Å². The van der Waals surface area contributed by atoms with Gasteiger partial charge in [-0.15, -0.1) is 0 Å². The van der Waals surface area contributed by atoms with Crippen LogP contribution in [0.25, 0.3) is 0 Å². The highest BCUT2D eigenvalue weighted by molar-refractivity contribution is 5.73. The maximum absolute atomic E-state index is 11.2. The first-order valence-electron chi connectivity index (χ1n) is 6.79. The average Bonchev–Trinajstić information content (AvgIpc) is 2.45. The Kier molecular flexibility index (Phi) is 4.68. The fraction of sp³-hybridized carbons (Fsp3) is 0.500. The lowest BCUT2D eigenvalue weighted by molar-refractivity contribution is -0.385. The molecule has 0 aromatic heterocycles. The zero-order chi connectivity index (χ0) is 14.5. The Labute approximate surface area is 117 Å². The number of rotatable bonds is 4. The monoisotopic (exact) mass is 277 g/mol. The van der Waals surface area contributed by atoms with E-state index in [4.69, 9.17) is 0 Å². The molecule has 1 saturated heterocycles. The van der Waals surface area contributed by atoms with Gasteiger partial charge in [-0.2, -0.15) is 0 Å². The van der Waals surface area contributed by atoms with Crippen molar-refractivity contribution in [1.29, 1.82) is 0 Å². The molecule has 0 unspecified atom stereocenters. The lowest BCUT2D eigenvalue weighted by atomic mass is 10.0. The lowest BCUT2D eigenvalue weighted by Crippen LogP contribution is -2.44. The molecule has 0 radical (unpaired) electrons. The van der Waals surface area contributed by atoms with E-state index in [9.17, 15) is 14.9 Å². The molecule has 2 rings (SSSR count). The summed E-state index contributed by atoms with van der Waals surface area (Å²) >= 11 is 0. The fourth-order valence-corrected chi connectivity index (χ4v) is 2.49. The summed E-state index contributed by atoms with van der Waals surface area (Å²) in [7, 11) is 0. The number of nitro benzene ring substituents is 1. The Hall–Kier alpha value is -1.95. The summed E-state index contributed by atoms with van der Waals surface area (Å²) in [5.41, 5.74) is 0.854. The number of nitrogens with one attached hydrogen (secondary N) is 1. The maximum Gasteiger partial charge on any atom is 0.273 e. The van der Waals surface area contributed by atoms with E-state index >= 15 is 0 Å². The quantitative estimate of drug-likeness (QED) is 0.671. The molecule has 6 nitrogen and oxygen atoms in total. The number of carbonyl (C=O) groups excluding carboxylic acids is 1. The number of hydrogen-bond donors (Lipinski definition) is 1. The molecule has 0 spiro atoms. The van der Waals surface area contributed by atoms with E-state index in [-0.39, 0.29) is 16.5 Å². The van der Waals surface area contributed by atoms with Crippen LogP contribution in [-0.4, -0.2) is 34.9 Å². The van der Waals surface area contributed by atoms with Gasteiger partial charge in [0.15, 0.2) is 0 Å². The zero-order valence-electron chi connectivity index (χ0n) is 11.5. The van der Waals surface area contributed by atoms with Gasteiger partial charge >= 0.3 is 0 Å². The van der Waals surface area contributed by atoms with E-state index in [0.29, 0.717) is 18.2 Å². The summed E-state index contributed by atoms with van der Waals surface area (Å²) in [6, 6.07) is 7.09. The zero-order valence-corrected chi connectivity index (χ0v) is 11.5. The number of hydrogen-bond acceptors (Lipinski definition) is 4. The van der Waals surface area contributed by atoms with Gasteiger partial charge < -0.3 is 10.2 Å². The third-order valence-corrected chi connectivity index (χ3v) is 3.71. The van der Waals surface area contributed by atoms with Crippen molar-refractivity contribution in [2.24, 2.45) is 0 Å². The van der Waals surface area contributed by atoms with Crippen LogP contribution >= 0.6 is 0 Å². The van der Waals surface area contributed by atoms with Gasteiger partial charge in [-0.25, -0.2) is 0 Å². The highest BCUT2D eigenvalue weighted by Gasteiger charge is 2.21. The topological polar surface area (TPSA) is 75.5 Å². The van der Waals surface area contributed by atoms with Gasteiger partial charge in [0.25, 0.3) is 5.69 Å². The van der Waals surface area contributed by atoms with Crippen LogP contribution in [0.15, 0.2) is 24.3 Å². The highest BCUT2D eigenvalue weighted by Crippen LogP contribution is 2.18. The number of nitrogens with zero attached hydrogens (tertiary/aromatic N) is 2. The Balaban J connectivity index is 1.88. The Morgan fingerprint density at radius 2 is 2.05 bits per heavy atom. The van der Waals surface area contributed by atoms with Crippen LogP contribution in [0.2, 0.25) is 0 Å². The molecule has 20 heavy (non-hydrogen) atoms. The van der Waals surface area contributed by atoms with E-state index in [0.717, 1.165) is 25.9 Å². The predicted molar refractivity (Wildman–Crippen MR) is 75.2 cm³/mol. The van der Waals surface area contributed by atoms with Crippen LogP contribution in [0, 0.1) is 10.1 Å². The molecule has 1 aliphatic rings. The minimum Gasteiger partial charge on any atom is -0.343 e. The summed E-state index contributed by atoms with van der Waals surface area (Å²) in [5.74, 6) is 0.113. The molecule has 6 heteroatoms. The lowest BCUT2D eigenvalue weighted by Gasteiger charge is -2.31. The first-order valence-corrected chi connectivity index (χ1v) is 6.79. The predicted octanol–water partition coefficient (Wildman–Crippen LogP) is 1.70. The van der Waals surface area contributed by atoms with Gasteiger partial charge in [-0.3, -0.25) is 14.9 Å². The van der Waals surface area contributed by atoms with Crippen LogP contribution in [0.3, 0.4) is 0 Å². The second kappa shape index (κ2) is 6.47. The van der Waals surface area contributed by atoms with Crippen molar-refractivity contribution < 1.29 is 9.72 Å².